The highest BCUT2D eigenvalue weighted by Gasteiger charge is 2.28. The summed E-state index contributed by atoms with van der Waals surface area (Å²) in [4.78, 5) is 14.8. The van der Waals surface area contributed by atoms with E-state index < -0.39 is 6.10 Å². The predicted molar refractivity (Wildman–Crippen MR) is 79.5 cm³/mol. The van der Waals surface area contributed by atoms with Gasteiger partial charge in [-0.1, -0.05) is 0 Å². The molecule has 0 bridgehead atoms. The summed E-state index contributed by atoms with van der Waals surface area (Å²) in [5.74, 6) is 2.19. The van der Waals surface area contributed by atoms with Crippen LogP contribution in [0.4, 0.5) is 11.6 Å². The SMILES string of the molecule is Cn1ccnc1C(O)C1CCN(c2cncc(N)n2)CC1. The molecule has 0 radical (unpaired) electrons. The Morgan fingerprint density at radius 2 is 2.10 bits per heavy atom. The average molecular weight is 288 g/mol. The number of piperidine rings is 1. The third-order valence-electron chi connectivity index (χ3n) is 4.07. The number of anilines is 2. The van der Waals surface area contributed by atoms with E-state index in [9.17, 15) is 5.11 Å². The van der Waals surface area contributed by atoms with Gasteiger partial charge in [0.25, 0.3) is 0 Å². The Hall–Kier alpha value is -2.15. The van der Waals surface area contributed by atoms with Crippen LogP contribution in [-0.4, -0.2) is 37.7 Å². The second-order valence-electron chi connectivity index (χ2n) is 5.47. The summed E-state index contributed by atoms with van der Waals surface area (Å²) >= 11 is 0. The fourth-order valence-corrected chi connectivity index (χ4v) is 2.84. The van der Waals surface area contributed by atoms with Crippen molar-refractivity contribution in [3.05, 3.63) is 30.6 Å². The maximum Gasteiger partial charge on any atom is 0.149 e. The van der Waals surface area contributed by atoms with E-state index in [-0.39, 0.29) is 5.92 Å². The second-order valence-corrected chi connectivity index (χ2v) is 5.47. The molecular formula is C14H20N6O. The molecule has 1 aliphatic rings. The standard InChI is InChI=1S/C14H20N6O/c1-19-7-4-17-14(19)13(21)10-2-5-20(6-3-10)12-9-16-8-11(15)18-12/h4,7-10,13,21H,2-3,5-6H2,1H3,(H2,15,18). The Labute approximate surface area is 123 Å². The molecule has 21 heavy (non-hydrogen) atoms. The number of aliphatic hydroxyl groups is 1. The molecule has 1 atom stereocenters. The molecule has 0 spiro atoms. The molecule has 1 aliphatic heterocycles. The van der Waals surface area contributed by atoms with E-state index in [0.29, 0.717) is 5.82 Å². The first kappa shape index (κ1) is 13.8. The van der Waals surface area contributed by atoms with E-state index in [1.807, 2.05) is 17.8 Å². The van der Waals surface area contributed by atoms with Crippen LogP contribution in [0.15, 0.2) is 24.8 Å². The van der Waals surface area contributed by atoms with Crippen LogP contribution in [-0.2, 0) is 7.05 Å². The Bertz CT molecular complexity index is 605. The topological polar surface area (TPSA) is 93.1 Å². The maximum atomic E-state index is 10.5. The molecule has 1 fully saturated rings. The van der Waals surface area contributed by atoms with Crippen molar-refractivity contribution in [1.82, 2.24) is 19.5 Å². The van der Waals surface area contributed by atoms with Gasteiger partial charge in [0, 0.05) is 32.5 Å². The van der Waals surface area contributed by atoms with Crippen LogP contribution < -0.4 is 10.6 Å². The fourth-order valence-electron chi connectivity index (χ4n) is 2.84. The van der Waals surface area contributed by atoms with Crippen LogP contribution in [0.5, 0.6) is 0 Å². The van der Waals surface area contributed by atoms with Crippen molar-refractivity contribution in [2.75, 3.05) is 23.7 Å². The van der Waals surface area contributed by atoms with Gasteiger partial charge in [0.05, 0.1) is 12.4 Å². The lowest BCUT2D eigenvalue weighted by molar-refractivity contribution is 0.0824. The molecule has 1 saturated heterocycles. The second kappa shape index (κ2) is 5.69. The van der Waals surface area contributed by atoms with Crippen LogP contribution in [0.1, 0.15) is 24.8 Å². The molecule has 0 saturated carbocycles. The molecule has 0 amide bonds. The summed E-state index contributed by atoms with van der Waals surface area (Å²) in [7, 11) is 1.91. The van der Waals surface area contributed by atoms with Crippen molar-refractivity contribution in [2.24, 2.45) is 13.0 Å². The molecule has 0 aliphatic carbocycles. The number of hydrogen-bond acceptors (Lipinski definition) is 6. The summed E-state index contributed by atoms with van der Waals surface area (Å²) in [5, 5.41) is 10.5. The van der Waals surface area contributed by atoms with Gasteiger partial charge in [-0.05, 0) is 18.8 Å². The molecule has 3 N–H and O–H groups in total. The molecule has 2 aromatic heterocycles. The van der Waals surface area contributed by atoms with Gasteiger partial charge in [-0.25, -0.2) is 9.97 Å². The molecule has 3 rings (SSSR count). The zero-order chi connectivity index (χ0) is 14.8. The van der Waals surface area contributed by atoms with Gasteiger partial charge in [0.15, 0.2) is 0 Å². The van der Waals surface area contributed by atoms with Gasteiger partial charge in [-0.3, -0.25) is 4.98 Å². The maximum absolute atomic E-state index is 10.5. The first-order valence-corrected chi connectivity index (χ1v) is 7.13. The third-order valence-corrected chi connectivity index (χ3v) is 4.07. The molecule has 7 heteroatoms. The van der Waals surface area contributed by atoms with Crippen LogP contribution in [0, 0.1) is 5.92 Å². The van der Waals surface area contributed by atoms with Crippen molar-refractivity contribution >= 4 is 11.6 Å². The lowest BCUT2D eigenvalue weighted by Gasteiger charge is -2.34. The van der Waals surface area contributed by atoms with Crippen LogP contribution in [0.3, 0.4) is 0 Å². The molecule has 1 unspecified atom stereocenters. The molecule has 3 heterocycles. The highest BCUT2D eigenvalue weighted by atomic mass is 16.3. The Balaban J connectivity index is 1.64. The number of nitrogens with two attached hydrogens (primary N) is 1. The normalized spacial score (nSPS) is 17.9. The Morgan fingerprint density at radius 3 is 2.71 bits per heavy atom. The molecule has 7 nitrogen and oxygen atoms in total. The van der Waals surface area contributed by atoms with E-state index in [0.717, 1.165) is 37.6 Å². The fraction of sp³-hybridized carbons (Fsp3) is 0.500. The number of imidazole rings is 1. The van der Waals surface area contributed by atoms with Gasteiger partial charge in [-0.2, -0.15) is 0 Å². The predicted octanol–water partition coefficient (Wildman–Crippen LogP) is 0.742. The highest BCUT2D eigenvalue weighted by Crippen LogP contribution is 2.31. The minimum Gasteiger partial charge on any atom is -0.385 e. The number of aromatic nitrogens is 4. The highest BCUT2D eigenvalue weighted by molar-refractivity contribution is 5.41. The van der Waals surface area contributed by atoms with Gasteiger partial charge in [0.2, 0.25) is 0 Å². The summed E-state index contributed by atoms with van der Waals surface area (Å²) in [6.45, 7) is 1.68. The number of hydrogen-bond donors (Lipinski definition) is 2. The first-order chi connectivity index (χ1) is 10.1. The summed E-state index contributed by atoms with van der Waals surface area (Å²) in [5.41, 5.74) is 5.67. The summed E-state index contributed by atoms with van der Waals surface area (Å²) < 4.78 is 1.88. The van der Waals surface area contributed by atoms with Crippen LogP contribution in [0.25, 0.3) is 0 Å². The number of nitrogen functional groups attached to an aromatic ring is 1. The average Bonchev–Trinajstić information content (AvgIpc) is 2.93. The molecule has 2 aromatic rings. The molecular weight excluding hydrogens is 268 g/mol. The minimum absolute atomic E-state index is 0.219. The number of aryl methyl sites for hydroxylation is 1. The number of rotatable bonds is 3. The Morgan fingerprint density at radius 1 is 1.33 bits per heavy atom. The summed E-state index contributed by atoms with van der Waals surface area (Å²) in [6, 6.07) is 0. The van der Waals surface area contributed by atoms with Crippen molar-refractivity contribution in [2.45, 2.75) is 18.9 Å². The Kier molecular flexibility index (Phi) is 3.74. The summed E-state index contributed by atoms with van der Waals surface area (Å²) in [6.07, 6.45) is 8.12. The zero-order valence-corrected chi connectivity index (χ0v) is 12.1. The van der Waals surface area contributed by atoms with Gasteiger partial charge in [0.1, 0.15) is 23.6 Å². The third kappa shape index (κ3) is 2.82. The van der Waals surface area contributed by atoms with Crippen molar-refractivity contribution in [1.29, 1.82) is 0 Å². The molecule has 0 aromatic carbocycles. The van der Waals surface area contributed by atoms with Gasteiger partial charge in [-0.15, -0.1) is 0 Å². The van der Waals surface area contributed by atoms with Crippen molar-refractivity contribution in [3.8, 4) is 0 Å². The minimum atomic E-state index is -0.515. The van der Waals surface area contributed by atoms with Gasteiger partial charge < -0.3 is 20.3 Å². The van der Waals surface area contributed by atoms with E-state index in [1.54, 1.807) is 18.6 Å². The van der Waals surface area contributed by atoms with Gasteiger partial charge >= 0.3 is 0 Å². The number of nitrogens with zero attached hydrogens (tertiary/aromatic N) is 5. The lowest BCUT2D eigenvalue weighted by atomic mass is 9.91. The zero-order valence-electron chi connectivity index (χ0n) is 12.1. The van der Waals surface area contributed by atoms with E-state index in [1.165, 1.54) is 0 Å². The lowest BCUT2D eigenvalue weighted by Crippen LogP contribution is -2.36. The van der Waals surface area contributed by atoms with Crippen LogP contribution >= 0.6 is 0 Å². The van der Waals surface area contributed by atoms with Crippen LogP contribution in [0.2, 0.25) is 0 Å². The number of aliphatic hydroxyl groups excluding tert-OH is 1. The first-order valence-electron chi connectivity index (χ1n) is 7.13. The monoisotopic (exact) mass is 288 g/mol. The van der Waals surface area contributed by atoms with Crippen molar-refractivity contribution in [3.63, 3.8) is 0 Å². The van der Waals surface area contributed by atoms with Crippen molar-refractivity contribution < 1.29 is 5.11 Å². The van der Waals surface area contributed by atoms with E-state index in [4.69, 9.17) is 5.73 Å². The molecule has 112 valence electrons. The van der Waals surface area contributed by atoms with E-state index >= 15 is 0 Å². The smallest absolute Gasteiger partial charge is 0.149 e. The van der Waals surface area contributed by atoms with E-state index in [2.05, 4.69) is 19.9 Å². The largest absolute Gasteiger partial charge is 0.385 e. The quantitative estimate of drug-likeness (QED) is 0.865.